The van der Waals surface area contributed by atoms with Crippen LogP contribution in [0, 0.1) is 13.8 Å². The third kappa shape index (κ3) is 2.66. The average molecular weight is 323 g/mol. The molecule has 1 atom stereocenters. The van der Waals surface area contributed by atoms with Crippen molar-refractivity contribution in [3.63, 3.8) is 0 Å². The zero-order chi connectivity index (χ0) is 16.7. The zero-order valence-electron chi connectivity index (χ0n) is 14.0. The molecule has 4 rings (SSSR count). The Bertz CT molecular complexity index is 866. The van der Waals surface area contributed by atoms with Gasteiger partial charge in [0.15, 0.2) is 5.65 Å². The molecule has 7 heteroatoms. The van der Waals surface area contributed by atoms with E-state index in [1.807, 2.05) is 26.0 Å². The van der Waals surface area contributed by atoms with Crippen LogP contribution < -0.4 is 10.6 Å². The van der Waals surface area contributed by atoms with Gasteiger partial charge >= 0.3 is 0 Å². The van der Waals surface area contributed by atoms with Crippen molar-refractivity contribution in [1.29, 1.82) is 0 Å². The molecule has 24 heavy (non-hydrogen) atoms. The van der Waals surface area contributed by atoms with Crippen LogP contribution in [0.1, 0.15) is 35.8 Å². The van der Waals surface area contributed by atoms with E-state index in [4.69, 9.17) is 10.7 Å². The monoisotopic (exact) mass is 323 g/mol. The lowest BCUT2D eigenvalue weighted by atomic mass is 9.94. The number of aryl methyl sites for hydroxylation is 2. The normalized spacial score (nSPS) is 18.2. The van der Waals surface area contributed by atoms with E-state index in [1.165, 1.54) is 0 Å². The lowest BCUT2D eigenvalue weighted by molar-refractivity contribution is 0.495. The Morgan fingerprint density at radius 3 is 2.75 bits per heavy atom. The molecular weight excluding hydrogens is 302 g/mol. The molecule has 0 aromatic carbocycles. The van der Waals surface area contributed by atoms with Crippen LogP contribution in [0.4, 0.5) is 11.8 Å². The fourth-order valence-corrected chi connectivity index (χ4v) is 3.41. The summed E-state index contributed by atoms with van der Waals surface area (Å²) >= 11 is 0. The minimum atomic E-state index is 0.352. The van der Waals surface area contributed by atoms with Crippen molar-refractivity contribution < 1.29 is 0 Å². The number of pyridine rings is 1. The summed E-state index contributed by atoms with van der Waals surface area (Å²) in [5, 5.41) is 7.84. The van der Waals surface area contributed by atoms with Gasteiger partial charge in [-0.3, -0.25) is 5.10 Å². The molecule has 1 aliphatic heterocycles. The van der Waals surface area contributed by atoms with E-state index in [-0.39, 0.29) is 0 Å². The molecule has 1 fully saturated rings. The molecule has 0 aliphatic carbocycles. The van der Waals surface area contributed by atoms with Gasteiger partial charge in [-0.05, 0) is 44.9 Å². The largest absolute Gasteiger partial charge is 0.384 e. The average Bonchev–Trinajstić information content (AvgIpc) is 2.95. The van der Waals surface area contributed by atoms with Gasteiger partial charge in [0.25, 0.3) is 0 Å². The van der Waals surface area contributed by atoms with E-state index < -0.39 is 0 Å². The molecule has 1 aliphatic rings. The Labute approximate surface area is 140 Å². The number of fused-ring (bicyclic) bond motifs is 1. The Kier molecular flexibility index (Phi) is 3.55. The van der Waals surface area contributed by atoms with Crippen LogP contribution in [0.25, 0.3) is 11.0 Å². The smallest absolute Gasteiger partial charge is 0.225 e. The predicted octanol–water partition coefficient (Wildman–Crippen LogP) is 2.33. The first-order chi connectivity index (χ1) is 11.6. The van der Waals surface area contributed by atoms with Crippen molar-refractivity contribution in [2.45, 2.75) is 32.6 Å². The van der Waals surface area contributed by atoms with Gasteiger partial charge in [0, 0.05) is 36.1 Å². The van der Waals surface area contributed by atoms with Gasteiger partial charge in [-0.15, -0.1) is 0 Å². The number of rotatable bonds is 2. The van der Waals surface area contributed by atoms with Gasteiger partial charge in [-0.25, -0.2) is 15.0 Å². The van der Waals surface area contributed by atoms with Crippen molar-refractivity contribution in [3.05, 3.63) is 35.3 Å². The highest BCUT2D eigenvalue weighted by Gasteiger charge is 2.24. The Morgan fingerprint density at radius 1 is 1.17 bits per heavy atom. The highest BCUT2D eigenvalue weighted by molar-refractivity contribution is 5.85. The highest BCUT2D eigenvalue weighted by Crippen LogP contribution is 2.29. The number of anilines is 2. The molecule has 3 aromatic heterocycles. The summed E-state index contributed by atoms with van der Waals surface area (Å²) in [6.07, 6.45) is 2.21. The molecule has 3 aromatic rings. The maximum absolute atomic E-state index is 5.85. The van der Waals surface area contributed by atoms with Crippen LogP contribution in [0.5, 0.6) is 0 Å². The SMILES string of the molecule is Cc1cc(C)nc(N2CCC[C@@H](c3ccc4c(N)[nH]nc4n3)C2)n1. The molecule has 3 N–H and O–H groups in total. The maximum Gasteiger partial charge on any atom is 0.225 e. The van der Waals surface area contributed by atoms with E-state index in [2.05, 4.69) is 31.1 Å². The number of nitrogen functional groups attached to an aromatic ring is 1. The molecule has 0 spiro atoms. The van der Waals surface area contributed by atoms with Gasteiger partial charge in [0.1, 0.15) is 5.82 Å². The standard InChI is InChI=1S/C17H21N7/c1-10-8-11(2)20-17(19-10)24-7-3-4-12(9-24)14-6-5-13-15(18)22-23-16(13)21-14/h5-6,8,12H,3-4,7,9H2,1-2H3,(H3,18,21,22,23)/t12-/m1/s1. The lowest BCUT2D eigenvalue weighted by Crippen LogP contribution is -2.36. The third-order valence-corrected chi connectivity index (χ3v) is 4.56. The van der Waals surface area contributed by atoms with Gasteiger partial charge < -0.3 is 10.6 Å². The molecule has 0 radical (unpaired) electrons. The first kappa shape index (κ1) is 14.9. The maximum atomic E-state index is 5.85. The second-order valence-corrected chi connectivity index (χ2v) is 6.48. The second kappa shape index (κ2) is 5.74. The van der Waals surface area contributed by atoms with Crippen LogP contribution in [0.2, 0.25) is 0 Å². The molecular formula is C17H21N7. The predicted molar refractivity (Wildman–Crippen MR) is 94.0 cm³/mol. The summed E-state index contributed by atoms with van der Waals surface area (Å²) in [6, 6.07) is 6.07. The Morgan fingerprint density at radius 2 is 1.96 bits per heavy atom. The number of H-pyrrole nitrogens is 1. The minimum absolute atomic E-state index is 0.352. The highest BCUT2D eigenvalue weighted by atomic mass is 15.3. The van der Waals surface area contributed by atoms with E-state index in [0.29, 0.717) is 17.4 Å². The summed E-state index contributed by atoms with van der Waals surface area (Å²) in [4.78, 5) is 16.2. The molecule has 0 amide bonds. The van der Waals surface area contributed by atoms with Crippen molar-refractivity contribution in [2.24, 2.45) is 0 Å². The molecule has 0 bridgehead atoms. The minimum Gasteiger partial charge on any atom is -0.384 e. The van der Waals surface area contributed by atoms with Crippen LogP contribution in [-0.4, -0.2) is 38.2 Å². The lowest BCUT2D eigenvalue weighted by Gasteiger charge is -2.32. The van der Waals surface area contributed by atoms with Gasteiger partial charge in [-0.1, -0.05) is 0 Å². The second-order valence-electron chi connectivity index (χ2n) is 6.48. The quantitative estimate of drug-likeness (QED) is 0.751. The molecule has 0 saturated carbocycles. The van der Waals surface area contributed by atoms with Crippen molar-refractivity contribution in [1.82, 2.24) is 25.1 Å². The van der Waals surface area contributed by atoms with Gasteiger partial charge in [0.05, 0.1) is 5.39 Å². The number of nitrogens with zero attached hydrogens (tertiary/aromatic N) is 5. The van der Waals surface area contributed by atoms with E-state index >= 15 is 0 Å². The van der Waals surface area contributed by atoms with Gasteiger partial charge in [-0.2, -0.15) is 5.10 Å². The topological polar surface area (TPSA) is 96.6 Å². The van der Waals surface area contributed by atoms with E-state index in [0.717, 1.165) is 54.3 Å². The molecule has 124 valence electrons. The molecule has 1 saturated heterocycles. The summed E-state index contributed by atoms with van der Waals surface area (Å²) in [5.41, 5.74) is 9.60. The third-order valence-electron chi connectivity index (χ3n) is 4.56. The summed E-state index contributed by atoms with van der Waals surface area (Å²) in [5.74, 6) is 1.74. The van der Waals surface area contributed by atoms with Crippen molar-refractivity contribution in [3.8, 4) is 0 Å². The number of hydrogen-bond acceptors (Lipinski definition) is 6. The van der Waals surface area contributed by atoms with E-state index in [1.54, 1.807) is 0 Å². The molecule has 4 heterocycles. The number of nitrogens with one attached hydrogen (secondary N) is 1. The van der Waals surface area contributed by atoms with Crippen molar-refractivity contribution in [2.75, 3.05) is 23.7 Å². The van der Waals surface area contributed by atoms with Crippen LogP contribution >= 0.6 is 0 Å². The van der Waals surface area contributed by atoms with Gasteiger partial charge in [0.2, 0.25) is 5.95 Å². The summed E-state index contributed by atoms with van der Waals surface area (Å²) < 4.78 is 0. The zero-order valence-corrected chi connectivity index (χ0v) is 14.0. The van der Waals surface area contributed by atoms with Crippen LogP contribution in [0.15, 0.2) is 18.2 Å². The van der Waals surface area contributed by atoms with Crippen LogP contribution in [-0.2, 0) is 0 Å². The number of nitrogens with two attached hydrogens (primary N) is 1. The van der Waals surface area contributed by atoms with Crippen molar-refractivity contribution >= 4 is 22.8 Å². The number of aromatic amines is 1. The molecule has 0 unspecified atom stereocenters. The summed E-state index contributed by atoms with van der Waals surface area (Å²) in [6.45, 7) is 5.88. The Balaban J connectivity index is 1.61. The fraction of sp³-hybridized carbons (Fsp3) is 0.412. The first-order valence-electron chi connectivity index (χ1n) is 8.28. The van der Waals surface area contributed by atoms with E-state index in [9.17, 15) is 0 Å². The van der Waals surface area contributed by atoms with Crippen LogP contribution in [0.3, 0.4) is 0 Å². The number of piperidine rings is 1. The summed E-state index contributed by atoms with van der Waals surface area (Å²) in [7, 11) is 0. The fourth-order valence-electron chi connectivity index (χ4n) is 3.41. The number of aromatic nitrogens is 5. The first-order valence-corrected chi connectivity index (χ1v) is 8.28. The molecule has 7 nitrogen and oxygen atoms in total. The Hall–Kier alpha value is -2.70. The number of hydrogen-bond donors (Lipinski definition) is 2.